The Hall–Kier alpha value is -2.02. The van der Waals surface area contributed by atoms with E-state index < -0.39 is 0 Å². The van der Waals surface area contributed by atoms with E-state index in [2.05, 4.69) is 31.2 Å². The number of nitrogens with one attached hydrogen (secondary N) is 1. The summed E-state index contributed by atoms with van der Waals surface area (Å²) in [5, 5.41) is 2.87. The Balaban J connectivity index is 1.73. The van der Waals surface area contributed by atoms with Gasteiger partial charge in [0.05, 0.1) is 10.7 Å². The van der Waals surface area contributed by atoms with Gasteiger partial charge in [-0.15, -0.1) is 0 Å². The molecule has 7 heteroatoms. The first-order chi connectivity index (χ1) is 9.76. The maximum absolute atomic E-state index is 5.69. The van der Waals surface area contributed by atoms with E-state index in [9.17, 15) is 0 Å². The van der Waals surface area contributed by atoms with Crippen LogP contribution in [0, 0.1) is 0 Å². The molecule has 0 atom stereocenters. The molecular formula is C13H12BrN3O3. The molecule has 0 radical (unpaired) electrons. The summed E-state index contributed by atoms with van der Waals surface area (Å²) in [5.41, 5.74) is 0.978. The number of benzene rings is 1. The molecule has 104 valence electrons. The summed E-state index contributed by atoms with van der Waals surface area (Å²) in [5.74, 6) is 2.49. The highest BCUT2D eigenvalue weighted by atomic mass is 79.9. The number of halogens is 1. The number of rotatable bonds is 4. The third kappa shape index (κ3) is 2.62. The number of ether oxygens (including phenoxy) is 3. The molecule has 3 rings (SSSR count). The molecule has 0 saturated carbocycles. The lowest BCUT2D eigenvalue weighted by atomic mass is 10.2. The molecule has 0 unspecified atom stereocenters. The second-order valence-electron chi connectivity index (χ2n) is 4.07. The van der Waals surface area contributed by atoms with E-state index in [0.717, 1.165) is 17.1 Å². The molecule has 1 N–H and O–H groups in total. The van der Waals surface area contributed by atoms with Crippen LogP contribution in [0.5, 0.6) is 17.4 Å². The standard InChI is InChI=1S/C13H12BrN3O3/c1-15-13-16-5-9(14)12(17-13)18-6-8-2-3-10-11(4-8)20-7-19-10/h2-5H,6-7H2,1H3,(H,15,16,17). The van der Waals surface area contributed by atoms with E-state index in [4.69, 9.17) is 14.2 Å². The number of fused-ring (bicyclic) bond motifs is 1. The summed E-state index contributed by atoms with van der Waals surface area (Å²) in [6, 6.07) is 5.70. The van der Waals surface area contributed by atoms with Gasteiger partial charge in [-0.2, -0.15) is 4.98 Å². The summed E-state index contributed by atoms with van der Waals surface area (Å²) in [6.45, 7) is 0.651. The van der Waals surface area contributed by atoms with Crippen LogP contribution in [-0.4, -0.2) is 23.8 Å². The predicted molar refractivity (Wildman–Crippen MR) is 76.2 cm³/mol. The fourth-order valence-electron chi connectivity index (χ4n) is 1.76. The minimum Gasteiger partial charge on any atom is -0.472 e. The molecule has 1 aliphatic heterocycles. The number of aromatic nitrogens is 2. The zero-order chi connectivity index (χ0) is 13.9. The SMILES string of the molecule is CNc1ncc(Br)c(OCc2ccc3c(c2)OCO3)n1. The first kappa shape index (κ1) is 13.0. The van der Waals surface area contributed by atoms with Crippen LogP contribution in [0.4, 0.5) is 5.95 Å². The fourth-order valence-corrected chi connectivity index (χ4v) is 2.06. The first-order valence-corrected chi connectivity index (χ1v) is 6.77. The Morgan fingerprint density at radius 2 is 2.20 bits per heavy atom. The lowest BCUT2D eigenvalue weighted by Gasteiger charge is -2.08. The maximum atomic E-state index is 5.69. The van der Waals surface area contributed by atoms with Crippen molar-refractivity contribution in [1.29, 1.82) is 0 Å². The Labute approximate surface area is 124 Å². The smallest absolute Gasteiger partial charge is 0.233 e. The van der Waals surface area contributed by atoms with Crippen molar-refractivity contribution in [3.8, 4) is 17.4 Å². The molecule has 0 saturated heterocycles. The number of hydrogen-bond donors (Lipinski definition) is 1. The number of hydrogen-bond acceptors (Lipinski definition) is 6. The van der Waals surface area contributed by atoms with Crippen LogP contribution in [0.25, 0.3) is 0 Å². The fraction of sp³-hybridized carbons (Fsp3) is 0.231. The lowest BCUT2D eigenvalue weighted by molar-refractivity contribution is 0.174. The van der Waals surface area contributed by atoms with Gasteiger partial charge < -0.3 is 19.5 Å². The number of nitrogens with zero attached hydrogens (tertiary/aromatic N) is 2. The van der Waals surface area contributed by atoms with E-state index >= 15 is 0 Å². The van der Waals surface area contributed by atoms with Crippen molar-refractivity contribution in [2.24, 2.45) is 0 Å². The van der Waals surface area contributed by atoms with E-state index in [1.807, 2.05) is 18.2 Å². The summed E-state index contributed by atoms with van der Waals surface area (Å²) in [4.78, 5) is 8.31. The van der Waals surface area contributed by atoms with Gasteiger partial charge >= 0.3 is 0 Å². The highest BCUT2D eigenvalue weighted by Crippen LogP contribution is 2.33. The number of anilines is 1. The zero-order valence-electron chi connectivity index (χ0n) is 10.7. The molecule has 1 aromatic carbocycles. The van der Waals surface area contributed by atoms with Gasteiger partial charge in [-0.25, -0.2) is 4.98 Å². The van der Waals surface area contributed by atoms with Crippen LogP contribution in [0.2, 0.25) is 0 Å². The zero-order valence-corrected chi connectivity index (χ0v) is 12.3. The molecule has 0 aliphatic carbocycles. The maximum Gasteiger partial charge on any atom is 0.233 e. The van der Waals surface area contributed by atoms with Gasteiger partial charge in [0.1, 0.15) is 6.61 Å². The van der Waals surface area contributed by atoms with Gasteiger partial charge in [-0.1, -0.05) is 6.07 Å². The summed E-state index contributed by atoms with van der Waals surface area (Å²) in [6.07, 6.45) is 1.65. The quantitative estimate of drug-likeness (QED) is 0.924. The average Bonchev–Trinajstić information content (AvgIpc) is 2.94. The van der Waals surface area contributed by atoms with Crippen LogP contribution >= 0.6 is 15.9 Å². The Kier molecular flexibility index (Phi) is 3.60. The van der Waals surface area contributed by atoms with Gasteiger partial charge in [-0.3, -0.25) is 0 Å². The van der Waals surface area contributed by atoms with Gasteiger partial charge in [0.15, 0.2) is 11.5 Å². The minimum absolute atomic E-state index is 0.266. The van der Waals surface area contributed by atoms with Crippen molar-refractivity contribution in [3.63, 3.8) is 0 Å². The van der Waals surface area contributed by atoms with Crippen LogP contribution in [0.15, 0.2) is 28.9 Å². The van der Waals surface area contributed by atoms with Crippen LogP contribution in [0.3, 0.4) is 0 Å². The van der Waals surface area contributed by atoms with Crippen molar-refractivity contribution in [2.45, 2.75) is 6.61 Å². The van der Waals surface area contributed by atoms with Crippen LogP contribution < -0.4 is 19.5 Å². The molecular weight excluding hydrogens is 326 g/mol. The van der Waals surface area contributed by atoms with Crippen LogP contribution in [-0.2, 0) is 6.61 Å². The normalized spacial score (nSPS) is 12.3. The van der Waals surface area contributed by atoms with Crippen molar-refractivity contribution < 1.29 is 14.2 Å². The van der Waals surface area contributed by atoms with Gasteiger partial charge in [0, 0.05) is 7.05 Å². The van der Waals surface area contributed by atoms with E-state index in [1.165, 1.54) is 0 Å². The Morgan fingerprint density at radius 1 is 1.35 bits per heavy atom. The molecule has 1 aliphatic rings. The third-order valence-electron chi connectivity index (χ3n) is 2.75. The molecule has 0 amide bonds. The van der Waals surface area contributed by atoms with Crippen LogP contribution in [0.1, 0.15) is 5.56 Å². The highest BCUT2D eigenvalue weighted by Gasteiger charge is 2.14. The van der Waals surface area contributed by atoms with E-state index in [1.54, 1.807) is 13.2 Å². The molecule has 1 aromatic heterocycles. The van der Waals surface area contributed by atoms with Crippen molar-refractivity contribution in [2.75, 3.05) is 19.2 Å². The molecule has 2 aromatic rings. The first-order valence-electron chi connectivity index (χ1n) is 5.98. The summed E-state index contributed by atoms with van der Waals surface area (Å²) in [7, 11) is 1.75. The molecule has 20 heavy (non-hydrogen) atoms. The van der Waals surface area contributed by atoms with Crippen molar-refractivity contribution >= 4 is 21.9 Å². The second kappa shape index (κ2) is 5.54. The second-order valence-corrected chi connectivity index (χ2v) is 4.93. The summed E-state index contributed by atoms with van der Waals surface area (Å²) >= 11 is 3.36. The lowest BCUT2D eigenvalue weighted by Crippen LogP contribution is -2.02. The molecule has 0 fully saturated rings. The average molecular weight is 338 g/mol. The topological polar surface area (TPSA) is 65.5 Å². The molecule has 2 heterocycles. The van der Waals surface area contributed by atoms with Crippen molar-refractivity contribution in [1.82, 2.24) is 9.97 Å². The molecule has 0 spiro atoms. The van der Waals surface area contributed by atoms with Gasteiger partial charge in [-0.05, 0) is 33.6 Å². The van der Waals surface area contributed by atoms with Gasteiger partial charge in [0.25, 0.3) is 0 Å². The van der Waals surface area contributed by atoms with E-state index in [0.29, 0.717) is 22.9 Å². The molecule has 6 nitrogen and oxygen atoms in total. The largest absolute Gasteiger partial charge is 0.472 e. The third-order valence-corrected chi connectivity index (χ3v) is 3.29. The summed E-state index contributed by atoms with van der Waals surface area (Å²) < 4.78 is 17.0. The Morgan fingerprint density at radius 3 is 3.05 bits per heavy atom. The Bertz CT molecular complexity index is 636. The molecule has 0 bridgehead atoms. The van der Waals surface area contributed by atoms with Crippen molar-refractivity contribution in [3.05, 3.63) is 34.4 Å². The van der Waals surface area contributed by atoms with E-state index in [-0.39, 0.29) is 6.79 Å². The monoisotopic (exact) mass is 337 g/mol. The predicted octanol–water partition coefficient (Wildman–Crippen LogP) is 2.59. The minimum atomic E-state index is 0.266. The highest BCUT2D eigenvalue weighted by molar-refractivity contribution is 9.10. The van der Waals surface area contributed by atoms with Gasteiger partial charge in [0.2, 0.25) is 18.6 Å².